The summed E-state index contributed by atoms with van der Waals surface area (Å²) in [6, 6.07) is 5.55. The van der Waals surface area contributed by atoms with Crippen molar-refractivity contribution in [3.05, 3.63) is 34.9 Å². The number of nitrogens with one attached hydrogen (secondary N) is 1. The van der Waals surface area contributed by atoms with E-state index >= 15 is 0 Å². The highest BCUT2D eigenvalue weighted by atomic mass is 16.2. The number of hydrogen-bond acceptors (Lipinski definition) is 3. The quantitative estimate of drug-likeness (QED) is 0.784. The lowest BCUT2D eigenvalue weighted by Gasteiger charge is -2.23. The monoisotopic (exact) mass is 290 g/mol. The molecule has 0 aliphatic rings. The van der Waals surface area contributed by atoms with E-state index in [2.05, 4.69) is 5.32 Å². The summed E-state index contributed by atoms with van der Waals surface area (Å²) in [6.45, 7) is 8.67. The molecular formula is C17H26N2O2. The van der Waals surface area contributed by atoms with Crippen molar-refractivity contribution in [2.45, 2.75) is 40.2 Å². The number of amides is 1. The molecule has 0 aromatic heterocycles. The minimum Gasteiger partial charge on any atom is -0.355 e. The largest absolute Gasteiger partial charge is 0.355 e. The average Bonchev–Trinajstić information content (AvgIpc) is 2.45. The van der Waals surface area contributed by atoms with E-state index in [0.29, 0.717) is 6.54 Å². The summed E-state index contributed by atoms with van der Waals surface area (Å²) in [6.07, 6.45) is 0.909. The molecule has 116 valence electrons. The number of aryl methyl sites for hydroxylation is 2. The summed E-state index contributed by atoms with van der Waals surface area (Å²) in [5.41, 5.74) is 2.78. The van der Waals surface area contributed by atoms with Gasteiger partial charge in [-0.05, 0) is 45.9 Å². The summed E-state index contributed by atoms with van der Waals surface area (Å²) in [5.74, 6) is 0.0157. The molecule has 21 heavy (non-hydrogen) atoms. The molecule has 0 heterocycles. The van der Waals surface area contributed by atoms with Crippen molar-refractivity contribution in [2.75, 3.05) is 20.1 Å². The van der Waals surface area contributed by atoms with Crippen LogP contribution in [0.4, 0.5) is 0 Å². The Morgan fingerprint density at radius 1 is 1.29 bits per heavy atom. The van der Waals surface area contributed by atoms with Crippen molar-refractivity contribution in [3.63, 3.8) is 0 Å². The Balaban J connectivity index is 2.73. The Hall–Kier alpha value is -1.68. The SMILES string of the molecule is CCCNC(=O)CN(C)C(C)C(=O)c1cc(C)ccc1C. The van der Waals surface area contributed by atoms with Crippen LogP contribution in [0, 0.1) is 13.8 Å². The molecule has 0 saturated heterocycles. The van der Waals surface area contributed by atoms with Crippen LogP contribution in [0.15, 0.2) is 18.2 Å². The van der Waals surface area contributed by atoms with Gasteiger partial charge in [0.05, 0.1) is 12.6 Å². The number of carbonyl (C=O) groups is 2. The van der Waals surface area contributed by atoms with Crippen molar-refractivity contribution in [2.24, 2.45) is 0 Å². The Bertz CT molecular complexity index is 512. The number of rotatable bonds is 7. The van der Waals surface area contributed by atoms with Crippen LogP contribution >= 0.6 is 0 Å². The van der Waals surface area contributed by atoms with Gasteiger partial charge in [-0.25, -0.2) is 0 Å². The second-order valence-corrected chi connectivity index (χ2v) is 5.62. The lowest BCUT2D eigenvalue weighted by molar-refractivity contribution is -0.122. The highest BCUT2D eigenvalue weighted by Crippen LogP contribution is 2.15. The molecule has 0 saturated carbocycles. The molecule has 1 atom stereocenters. The molecule has 0 spiro atoms. The number of nitrogens with zero attached hydrogens (tertiary/aromatic N) is 1. The van der Waals surface area contributed by atoms with E-state index in [9.17, 15) is 9.59 Å². The first-order chi connectivity index (χ1) is 9.86. The number of likely N-dealkylation sites (N-methyl/N-ethyl adjacent to an activating group) is 1. The van der Waals surface area contributed by atoms with Crippen LogP contribution in [0.1, 0.15) is 41.8 Å². The molecule has 0 aliphatic carbocycles. The first-order valence-corrected chi connectivity index (χ1v) is 7.45. The third kappa shape index (κ3) is 4.97. The Morgan fingerprint density at radius 3 is 2.57 bits per heavy atom. The number of carbonyl (C=O) groups excluding carboxylic acids is 2. The molecule has 0 aliphatic heterocycles. The molecule has 0 bridgehead atoms. The van der Waals surface area contributed by atoms with Crippen LogP contribution in [0.2, 0.25) is 0 Å². The van der Waals surface area contributed by atoms with Crippen molar-refractivity contribution < 1.29 is 9.59 Å². The standard InChI is InChI=1S/C17H26N2O2/c1-6-9-18-16(20)11-19(5)14(4)17(21)15-10-12(2)7-8-13(15)3/h7-8,10,14H,6,9,11H2,1-5H3,(H,18,20). The fourth-order valence-electron chi connectivity index (χ4n) is 2.11. The fraction of sp³-hybridized carbons (Fsp3) is 0.529. The maximum Gasteiger partial charge on any atom is 0.234 e. The Labute approximate surface area is 127 Å². The van der Waals surface area contributed by atoms with E-state index in [-0.39, 0.29) is 24.3 Å². The Morgan fingerprint density at radius 2 is 1.95 bits per heavy atom. The molecule has 1 aromatic carbocycles. The zero-order chi connectivity index (χ0) is 16.0. The zero-order valence-electron chi connectivity index (χ0n) is 13.7. The number of hydrogen-bond donors (Lipinski definition) is 1. The van der Waals surface area contributed by atoms with E-state index in [4.69, 9.17) is 0 Å². The van der Waals surface area contributed by atoms with E-state index in [1.807, 2.05) is 45.9 Å². The second kappa shape index (κ2) is 7.93. The van der Waals surface area contributed by atoms with Gasteiger partial charge >= 0.3 is 0 Å². The first-order valence-electron chi connectivity index (χ1n) is 7.45. The van der Waals surface area contributed by atoms with Crippen LogP contribution in [0.25, 0.3) is 0 Å². The summed E-state index contributed by atoms with van der Waals surface area (Å²) in [4.78, 5) is 26.1. The molecule has 0 fully saturated rings. The zero-order valence-corrected chi connectivity index (χ0v) is 13.7. The summed E-state index contributed by atoms with van der Waals surface area (Å²) < 4.78 is 0. The molecular weight excluding hydrogens is 264 g/mol. The topological polar surface area (TPSA) is 49.4 Å². The maximum atomic E-state index is 12.6. The minimum atomic E-state index is -0.321. The summed E-state index contributed by atoms with van der Waals surface area (Å²) >= 11 is 0. The van der Waals surface area contributed by atoms with Gasteiger partial charge in [-0.15, -0.1) is 0 Å². The minimum absolute atomic E-state index is 0.0417. The lowest BCUT2D eigenvalue weighted by atomic mass is 9.98. The van der Waals surface area contributed by atoms with Crippen LogP contribution in [-0.2, 0) is 4.79 Å². The van der Waals surface area contributed by atoms with Crippen LogP contribution in [0.5, 0.6) is 0 Å². The first kappa shape index (κ1) is 17.4. The average molecular weight is 290 g/mol. The molecule has 1 N–H and O–H groups in total. The van der Waals surface area contributed by atoms with E-state index in [1.54, 1.807) is 11.9 Å². The van der Waals surface area contributed by atoms with Gasteiger partial charge < -0.3 is 5.32 Å². The number of ketones is 1. The van der Waals surface area contributed by atoms with Gasteiger partial charge in [-0.3, -0.25) is 14.5 Å². The van der Waals surface area contributed by atoms with Crippen LogP contribution in [-0.4, -0.2) is 42.8 Å². The molecule has 1 aromatic rings. The van der Waals surface area contributed by atoms with Gasteiger partial charge in [0.1, 0.15) is 0 Å². The molecule has 1 amide bonds. The van der Waals surface area contributed by atoms with E-state index in [1.165, 1.54) is 0 Å². The molecule has 0 radical (unpaired) electrons. The normalized spacial score (nSPS) is 12.3. The van der Waals surface area contributed by atoms with Gasteiger partial charge in [-0.1, -0.05) is 24.6 Å². The smallest absolute Gasteiger partial charge is 0.234 e. The van der Waals surface area contributed by atoms with Crippen molar-refractivity contribution in [3.8, 4) is 0 Å². The highest BCUT2D eigenvalue weighted by molar-refractivity contribution is 6.01. The molecule has 4 nitrogen and oxygen atoms in total. The number of benzene rings is 1. The fourth-order valence-corrected chi connectivity index (χ4v) is 2.11. The third-order valence-corrected chi connectivity index (χ3v) is 3.66. The van der Waals surface area contributed by atoms with Crippen LogP contribution in [0.3, 0.4) is 0 Å². The van der Waals surface area contributed by atoms with Crippen LogP contribution < -0.4 is 5.32 Å². The Kier molecular flexibility index (Phi) is 6.56. The second-order valence-electron chi connectivity index (χ2n) is 5.62. The van der Waals surface area contributed by atoms with Gasteiger partial charge in [0.25, 0.3) is 0 Å². The molecule has 1 rings (SSSR count). The van der Waals surface area contributed by atoms with E-state index < -0.39 is 0 Å². The van der Waals surface area contributed by atoms with Crippen molar-refractivity contribution in [1.82, 2.24) is 10.2 Å². The van der Waals surface area contributed by atoms with Crippen molar-refractivity contribution >= 4 is 11.7 Å². The lowest BCUT2D eigenvalue weighted by Crippen LogP contribution is -2.43. The summed E-state index contributed by atoms with van der Waals surface area (Å²) in [7, 11) is 1.80. The van der Waals surface area contributed by atoms with Gasteiger partial charge in [-0.2, -0.15) is 0 Å². The van der Waals surface area contributed by atoms with Gasteiger partial charge in [0.2, 0.25) is 5.91 Å². The van der Waals surface area contributed by atoms with Gasteiger partial charge in [0, 0.05) is 12.1 Å². The molecule has 1 unspecified atom stereocenters. The maximum absolute atomic E-state index is 12.6. The number of Topliss-reactive ketones (excluding diaryl/α,β-unsaturated/α-hetero) is 1. The highest BCUT2D eigenvalue weighted by Gasteiger charge is 2.22. The molecule has 4 heteroatoms. The van der Waals surface area contributed by atoms with E-state index in [0.717, 1.165) is 23.1 Å². The third-order valence-electron chi connectivity index (χ3n) is 3.66. The predicted molar refractivity (Wildman–Crippen MR) is 85.6 cm³/mol. The summed E-state index contributed by atoms with van der Waals surface area (Å²) in [5, 5.41) is 2.83. The van der Waals surface area contributed by atoms with Gasteiger partial charge in [0.15, 0.2) is 5.78 Å². The van der Waals surface area contributed by atoms with Crippen molar-refractivity contribution in [1.29, 1.82) is 0 Å². The predicted octanol–water partition coefficient (Wildman–Crippen LogP) is 2.33.